The lowest BCUT2D eigenvalue weighted by Gasteiger charge is -2.20. The van der Waals surface area contributed by atoms with Gasteiger partial charge in [0, 0.05) is 6.54 Å². The van der Waals surface area contributed by atoms with E-state index in [1.165, 1.54) is 12.1 Å². The molecule has 1 heterocycles. The van der Waals surface area contributed by atoms with Gasteiger partial charge in [-0.25, -0.2) is 14.6 Å². The van der Waals surface area contributed by atoms with E-state index in [1.807, 2.05) is 12.2 Å². The summed E-state index contributed by atoms with van der Waals surface area (Å²) in [6.07, 6.45) is -1.18. The Balaban J connectivity index is 2.36. The van der Waals surface area contributed by atoms with E-state index in [2.05, 4.69) is 4.98 Å². The van der Waals surface area contributed by atoms with Crippen molar-refractivity contribution in [3.63, 3.8) is 0 Å². The molecule has 9 nitrogen and oxygen atoms in total. The molecule has 2 rings (SSSR count). The molecule has 0 unspecified atom stereocenters. The largest absolute Gasteiger partial charge is 0.448 e. The molecule has 0 saturated carbocycles. The van der Waals surface area contributed by atoms with Gasteiger partial charge in [0.05, 0.1) is 16.6 Å². The number of ether oxygens (including phenoxy) is 1. The molecule has 3 amide bonds. The predicted molar refractivity (Wildman–Crippen MR) is 98.2 cm³/mol. The smallest absolute Gasteiger partial charge is 0.339 e. The molecule has 0 bridgehead atoms. The zero-order chi connectivity index (χ0) is 20.3. The van der Waals surface area contributed by atoms with Gasteiger partial charge < -0.3 is 15.0 Å². The molecule has 1 aromatic heterocycles. The average Bonchev–Trinajstić information content (AvgIpc) is 2.59. The second-order valence-electron chi connectivity index (χ2n) is 6.37. The first-order valence-electron chi connectivity index (χ1n) is 8.48. The number of imide groups is 1. The molecule has 0 saturated heterocycles. The van der Waals surface area contributed by atoms with Crippen LogP contribution in [0.3, 0.4) is 0 Å². The Labute approximate surface area is 155 Å². The van der Waals surface area contributed by atoms with Crippen molar-refractivity contribution >= 4 is 28.9 Å². The first-order chi connectivity index (χ1) is 12.6. The highest BCUT2D eigenvalue weighted by molar-refractivity contribution is 5.99. The quantitative estimate of drug-likeness (QED) is 0.753. The van der Waals surface area contributed by atoms with Crippen LogP contribution in [0.4, 0.5) is 4.79 Å². The highest BCUT2D eigenvalue weighted by atomic mass is 16.5. The third kappa shape index (κ3) is 4.30. The molecule has 27 heavy (non-hydrogen) atoms. The Hall–Kier alpha value is -3.23. The van der Waals surface area contributed by atoms with Gasteiger partial charge in [0.15, 0.2) is 6.10 Å². The topological polar surface area (TPSA) is 133 Å². The number of urea groups is 1. The molecule has 144 valence electrons. The van der Waals surface area contributed by atoms with Gasteiger partial charge in [-0.05, 0) is 38.0 Å². The minimum atomic E-state index is -1.18. The summed E-state index contributed by atoms with van der Waals surface area (Å²) in [6, 6.07) is 3.58. The van der Waals surface area contributed by atoms with Gasteiger partial charge in [-0.1, -0.05) is 13.8 Å². The van der Waals surface area contributed by atoms with E-state index >= 15 is 0 Å². The molecular weight excluding hydrogens is 352 g/mol. The van der Waals surface area contributed by atoms with Gasteiger partial charge in [-0.15, -0.1) is 0 Å². The average molecular weight is 374 g/mol. The Morgan fingerprint density at radius 1 is 1.30 bits per heavy atom. The first kappa shape index (κ1) is 20.1. The summed E-state index contributed by atoms with van der Waals surface area (Å²) in [5.74, 6) is -1.91. The highest BCUT2D eigenvalue weighted by Gasteiger charge is 2.28. The predicted octanol–water partition coefficient (Wildman–Crippen LogP) is 1.10. The summed E-state index contributed by atoms with van der Waals surface area (Å²) in [6.45, 7) is 7.24. The number of nitrogens with two attached hydrogens (primary N) is 1. The van der Waals surface area contributed by atoms with Crippen molar-refractivity contribution in [3.05, 3.63) is 39.8 Å². The fraction of sp³-hybridized carbons (Fsp3) is 0.389. The maximum atomic E-state index is 12.5. The van der Waals surface area contributed by atoms with E-state index in [4.69, 9.17) is 10.5 Å². The van der Waals surface area contributed by atoms with Crippen molar-refractivity contribution in [3.8, 4) is 0 Å². The number of benzene rings is 1. The summed E-state index contributed by atoms with van der Waals surface area (Å²) in [4.78, 5) is 51.7. The summed E-state index contributed by atoms with van der Waals surface area (Å²) in [7, 11) is 0. The molecule has 1 aromatic carbocycles. The third-order valence-electron chi connectivity index (χ3n) is 4.01. The van der Waals surface area contributed by atoms with E-state index in [0.29, 0.717) is 23.3 Å². The molecule has 3 N–H and O–H groups in total. The van der Waals surface area contributed by atoms with Crippen molar-refractivity contribution in [2.75, 3.05) is 0 Å². The van der Waals surface area contributed by atoms with Crippen LogP contribution in [0.5, 0.6) is 0 Å². The van der Waals surface area contributed by atoms with Gasteiger partial charge in [0.1, 0.15) is 5.69 Å². The number of nitrogens with one attached hydrogen (secondary N) is 1. The lowest BCUT2D eigenvalue weighted by molar-refractivity contribution is -0.130. The molecule has 9 heteroatoms. The lowest BCUT2D eigenvalue weighted by Crippen LogP contribution is -2.45. The molecule has 1 atom stereocenters. The Morgan fingerprint density at radius 2 is 1.96 bits per heavy atom. The SMILES string of the molecule is CCn1c(=O)c(C)nc2cc(C(=O)O[C@H](C(=O)NC(N)=O)C(C)C)ccc21. The minimum absolute atomic E-state index is 0.174. The normalized spacial score (nSPS) is 12.0. The van der Waals surface area contributed by atoms with E-state index in [1.54, 1.807) is 31.4 Å². The molecule has 0 aliphatic rings. The zero-order valence-corrected chi connectivity index (χ0v) is 15.6. The molecule has 0 aliphatic carbocycles. The van der Waals surface area contributed by atoms with E-state index in [0.717, 1.165) is 0 Å². The number of esters is 1. The molecule has 0 fully saturated rings. The van der Waals surface area contributed by atoms with Crippen LogP contribution < -0.4 is 16.6 Å². The Kier molecular flexibility index (Phi) is 5.94. The van der Waals surface area contributed by atoms with Gasteiger partial charge in [0.2, 0.25) is 0 Å². The zero-order valence-electron chi connectivity index (χ0n) is 15.6. The maximum Gasteiger partial charge on any atom is 0.339 e. The van der Waals surface area contributed by atoms with Crippen LogP contribution in [0.2, 0.25) is 0 Å². The number of hydrogen-bond donors (Lipinski definition) is 2. The number of fused-ring (bicyclic) bond motifs is 1. The molecule has 0 radical (unpaired) electrons. The fourth-order valence-corrected chi connectivity index (χ4v) is 2.68. The van der Waals surface area contributed by atoms with E-state index in [-0.39, 0.29) is 17.0 Å². The van der Waals surface area contributed by atoms with Crippen LogP contribution in [-0.2, 0) is 16.1 Å². The summed E-state index contributed by atoms with van der Waals surface area (Å²) >= 11 is 0. The molecule has 2 aromatic rings. The second kappa shape index (κ2) is 7.98. The molecular formula is C18H22N4O5. The van der Waals surface area contributed by atoms with Crippen molar-refractivity contribution < 1.29 is 19.1 Å². The van der Waals surface area contributed by atoms with Crippen LogP contribution in [0, 0.1) is 12.8 Å². The number of hydrogen-bond acceptors (Lipinski definition) is 6. The van der Waals surface area contributed by atoms with Gasteiger partial charge >= 0.3 is 12.0 Å². The first-order valence-corrected chi connectivity index (χ1v) is 8.48. The summed E-state index contributed by atoms with van der Waals surface area (Å²) in [5, 5.41) is 1.91. The molecule has 0 aliphatic heterocycles. The highest BCUT2D eigenvalue weighted by Crippen LogP contribution is 2.16. The Morgan fingerprint density at radius 3 is 2.52 bits per heavy atom. The van der Waals surface area contributed by atoms with E-state index < -0.39 is 24.0 Å². The number of amides is 3. The number of aromatic nitrogens is 2. The van der Waals surface area contributed by atoms with Gasteiger partial charge in [-0.3, -0.25) is 14.9 Å². The minimum Gasteiger partial charge on any atom is -0.448 e. The number of carbonyl (C=O) groups is 3. The van der Waals surface area contributed by atoms with Crippen LogP contribution in [0.15, 0.2) is 23.0 Å². The number of nitrogens with zero attached hydrogens (tertiary/aromatic N) is 2. The van der Waals surface area contributed by atoms with Crippen molar-refractivity contribution in [1.29, 1.82) is 0 Å². The number of aryl methyl sites for hydroxylation is 2. The van der Waals surface area contributed by atoms with Crippen LogP contribution in [0.25, 0.3) is 11.0 Å². The Bertz CT molecular complexity index is 964. The van der Waals surface area contributed by atoms with E-state index in [9.17, 15) is 19.2 Å². The van der Waals surface area contributed by atoms with Crippen LogP contribution in [-0.4, -0.2) is 33.6 Å². The van der Waals surface area contributed by atoms with Gasteiger partial charge in [0.25, 0.3) is 11.5 Å². The fourth-order valence-electron chi connectivity index (χ4n) is 2.68. The van der Waals surface area contributed by atoms with Crippen molar-refractivity contribution in [2.24, 2.45) is 11.7 Å². The van der Waals surface area contributed by atoms with Crippen molar-refractivity contribution in [1.82, 2.24) is 14.9 Å². The van der Waals surface area contributed by atoms with Crippen LogP contribution in [0.1, 0.15) is 36.8 Å². The number of rotatable bonds is 5. The molecule has 0 spiro atoms. The van der Waals surface area contributed by atoms with Crippen molar-refractivity contribution in [2.45, 2.75) is 40.3 Å². The monoisotopic (exact) mass is 374 g/mol. The lowest BCUT2D eigenvalue weighted by atomic mass is 10.1. The third-order valence-corrected chi connectivity index (χ3v) is 4.01. The standard InChI is InChI=1S/C18H22N4O5/c1-5-22-13-7-6-11(8-12(13)20-10(4)16(22)24)17(25)27-14(9(2)3)15(23)21-18(19)26/h6-9,14H,5H2,1-4H3,(H3,19,21,23,26)/t14-/m0/s1. The van der Waals surface area contributed by atoms with Crippen LogP contribution >= 0.6 is 0 Å². The second-order valence-corrected chi connectivity index (χ2v) is 6.37. The summed E-state index contributed by atoms with van der Waals surface area (Å²) in [5.41, 5.74) is 6.30. The van der Waals surface area contributed by atoms with Gasteiger partial charge in [-0.2, -0.15) is 0 Å². The summed E-state index contributed by atoms with van der Waals surface area (Å²) < 4.78 is 6.82. The number of primary amides is 1. The number of carbonyl (C=O) groups excluding carboxylic acids is 3. The maximum absolute atomic E-state index is 12.5.